The first-order valence-corrected chi connectivity index (χ1v) is 7.85. The number of benzene rings is 2. The molecule has 0 aromatic heterocycles. The Bertz CT molecular complexity index is 660. The van der Waals surface area contributed by atoms with Gasteiger partial charge in [0.1, 0.15) is 5.84 Å². The van der Waals surface area contributed by atoms with Gasteiger partial charge >= 0.3 is 0 Å². The molecule has 0 N–H and O–H groups in total. The van der Waals surface area contributed by atoms with E-state index in [0.29, 0.717) is 5.92 Å². The van der Waals surface area contributed by atoms with E-state index in [9.17, 15) is 0 Å². The second kappa shape index (κ2) is 5.36. The van der Waals surface area contributed by atoms with E-state index in [2.05, 4.69) is 59.5 Å². The highest BCUT2D eigenvalue weighted by atomic mass is 15.2. The van der Waals surface area contributed by atoms with Crippen LogP contribution in [-0.4, -0.2) is 30.4 Å². The van der Waals surface area contributed by atoms with E-state index in [1.54, 1.807) is 0 Å². The van der Waals surface area contributed by atoms with Gasteiger partial charge in [-0.15, -0.1) is 0 Å². The molecule has 1 atom stereocenters. The van der Waals surface area contributed by atoms with Gasteiger partial charge in [-0.05, 0) is 29.5 Å². The molecular formula is C19H20N2. The molecule has 21 heavy (non-hydrogen) atoms. The molecule has 2 nitrogen and oxygen atoms in total. The van der Waals surface area contributed by atoms with Crippen molar-refractivity contribution in [2.75, 3.05) is 19.6 Å². The van der Waals surface area contributed by atoms with E-state index in [0.717, 1.165) is 26.1 Å². The molecule has 2 aliphatic heterocycles. The Kier molecular flexibility index (Phi) is 3.23. The molecule has 1 unspecified atom stereocenters. The molecule has 0 saturated carbocycles. The Morgan fingerprint density at radius 3 is 2.62 bits per heavy atom. The van der Waals surface area contributed by atoms with E-state index in [-0.39, 0.29) is 0 Å². The second-order valence-electron chi connectivity index (χ2n) is 5.87. The van der Waals surface area contributed by atoms with Gasteiger partial charge in [0.2, 0.25) is 0 Å². The van der Waals surface area contributed by atoms with Crippen LogP contribution in [-0.2, 0) is 6.42 Å². The molecule has 0 amide bonds. The van der Waals surface area contributed by atoms with Crippen LogP contribution in [0.5, 0.6) is 0 Å². The molecule has 0 radical (unpaired) electrons. The van der Waals surface area contributed by atoms with Crippen molar-refractivity contribution in [2.24, 2.45) is 4.99 Å². The SMILES string of the molecule is c1ccc(C2C3=NCCCN3CCc3ccccc32)cc1. The predicted molar refractivity (Wildman–Crippen MR) is 86.9 cm³/mol. The summed E-state index contributed by atoms with van der Waals surface area (Å²) in [5.41, 5.74) is 4.27. The summed E-state index contributed by atoms with van der Waals surface area (Å²) in [4.78, 5) is 7.41. The average Bonchev–Trinajstić information content (AvgIpc) is 2.72. The molecule has 2 heterocycles. The summed E-state index contributed by atoms with van der Waals surface area (Å²) in [5.74, 6) is 1.57. The fourth-order valence-electron chi connectivity index (χ4n) is 3.58. The van der Waals surface area contributed by atoms with Gasteiger partial charge in [0.25, 0.3) is 0 Å². The summed E-state index contributed by atoms with van der Waals surface area (Å²) in [5, 5.41) is 0. The van der Waals surface area contributed by atoms with Crippen molar-refractivity contribution in [1.82, 2.24) is 4.90 Å². The smallest absolute Gasteiger partial charge is 0.111 e. The number of nitrogens with zero attached hydrogens (tertiary/aromatic N) is 2. The number of fused-ring (bicyclic) bond motifs is 2. The van der Waals surface area contributed by atoms with E-state index in [1.807, 2.05) is 0 Å². The zero-order valence-corrected chi connectivity index (χ0v) is 12.2. The quantitative estimate of drug-likeness (QED) is 0.778. The molecule has 4 rings (SSSR count). The van der Waals surface area contributed by atoms with Crippen LogP contribution in [0.15, 0.2) is 59.6 Å². The third-order valence-electron chi connectivity index (χ3n) is 4.59. The van der Waals surface area contributed by atoms with Crippen LogP contribution < -0.4 is 0 Å². The number of amidine groups is 1. The minimum atomic E-state index is 0.296. The first-order valence-electron chi connectivity index (χ1n) is 7.85. The van der Waals surface area contributed by atoms with E-state index in [1.165, 1.54) is 28.9 Å². The Hall–Kier alpha value is -2.09. The Morgan fingerprint density at radius 1 is 0.905 bits per heavy atom. The summed E-state index contributed by atoms with van der Waals surface area (Å²) >= 11 is 0. The molecule has 2 aromatic carbocycles. The van der Waals surface area contributed by atoms with E-state index in [4.69, 9.17) is 4.99 Å². The average molecular weight is 276 g/mol. The Morgan fingerprint density at radius 2 is 1.71 bits per heavy atom. The summed E-state index contributed by atoms with van der Waals surface area (Å²) in [7, 11) is 0. The fourth-order valence-corrected chi connectivity index (χ4v) is 3.58. The van der Waals surface area contributed by atoms with Crippen molar-refractivity contribution in [1.29, 1.82) is 0 Å². The molecule has 0 aliphatic carbocycles. The molecule has 2 aliphatic rings. The minimum Gasteiger partial charge on any atom is -0.359 e. The van der Waals surface area contributed by atoms with Crippen LogP contribution in [0, 0.1) is 0 Å². The molecule has 0 spiro atoms. The van der Waals surface area contributed by atoms with Crippen LogP contribution in [0.2, 0.25) is 0 Å². The van der Waals surface area contributed by atoms with Crippen molar-refractivity contribution >= 4 is 5.84 Å². The van der Waals surface area contributed by atoms with Gasteiger partial charge in [-0.1, -0.05) is 54.6 Å². The minimum absolute atomic E-state index is 0.296. The van der Waals surface area contributed by atoms with Crippen molar-refractivity contribution in [3.63, 3.8) is 0 Å². The van der Waals surface area contributed by atoms with Gasteiger partial charge in [-0.3, -0.25) is 4.99 Å². The highest BCUT2D eigenvalue weighted by Gasteiger charge is 2.30. The summed E-state index contributed by atoms with van der Waals surface area (Å²) in [6.07, 6.45) is 2.31. The third kappa shape index (κ3) is 2.25. The van der Waals surface area contributed by atoms with Gasteiger partial charge in [-0.2, -0.15) is 0 Å². The predicted octanol–water partition coefficient (Wildman–Crippen LogP) is 3.48. The highest BCUT2D eigenvalue weighted by Crippen LogP contribution is 2.34. The van der Waals surface area contributed by atoms with E-state index < -0.39 is 0 Å². The van der Waals surface area contributed by atoms with Crippen LogP contribution >= 0.6 is 0 Å². The van der Waals surface area contributed by atoms with Crippen LogP contribution in [0.4, 0.5) is 0 Å². The zero-order valence-electron chi connectivity index (χ0n) is 12.2. The standard InChI is InChI=1S/C19H20N2/c1-2-8-16(9-3-1)18-17-10-5-4-7-15(17)11-14-21-13-6-12-20-19(18)21/h1-5,7-10,18H,6,11-14H2. The maximum Gasteiger partial charge on any atom is 0.111 e. The largest absolute Gasteiger partial charge is 0.359 e. The number of hydrogen-bond acceptors (Lipinski definition) is 2. The Balaban J connectivity index is 1.90. The summed E-state index contributed by atoms with van der Waals surface area (Å²) < 4.78 is 0. The third-order valence-corrected chi connectivity index (χ3v) is 4.59. The lowest BCUT2D eigenvalue weighted by Crippen LogP contribution is -2.39. The number of rotatable bonds is 1. The molecule has 0 bridgehead atoms. The van der Waals surface area contributed by atoms with Crippen LogP contribution in [0.1, 0.15) is 29.0 Å². The van der Waals surface area contributed by atoms with Gasteiger partial charge in [0.05, 0.1) is 5.92 Å². The number of aliphatic imine (C=N–C) groups is 1. The van der Waals surface area contributed by atoms with Crippen LogP contribution in [0.25, 0.3) is 0 Å². The second-order valence-corrected chi connectivity index (χ2v) is 5.87. The van der Waals surface area contributed by atoms with Crippen molar-refractivity contribution in [3.8, 4) is 0 Å². The van der Waals surface area contributed by atoms with Crippen molar-refractivity contribution in [3.05, 3.63) is 71.3 Å². The monoisotopic (exact) mass is 276 g/mol. The molecular weight excluding hydrogens is 256 g/mol. The molecule has 106 valence electrons. The zero-order chi connectivity index (χ0) is 14.1. The van der Waals surface area contributed by atoms with E-state index >= 15 is 0 Å². The van der Waals surface area contributed by atoms with Gasteiger partial charge in [-0.25, -0.2) is 0 Å². The first kappa shape index (κ1) is 12.6. The van der Waals surface area contributed by atoms with Crippen molar-refractivity contribution < 1.29 is 0 Å². The molecule has 0 fully saturated rings. The first-order chi connectivity index (χ1) is 10.4. The molecule has 2 heteroatoms. The van der Waals surface area contributed by atoms with Gasteiger partial charge in [0.15, 0.2) is 0 Å². The summed E-state index contributed by atoms with van der Waals surface area (Å²) in [6.45, 7) is 3.21. The maximum atomic E-state index is 4.91. The molecule has 2 aromatic rings. The topological polar surface area (TPSA) is 15.6 Å². The van der Waals surface area contributed by atoms with Crippen molar-refractivity contribution in [2.45, 2.75) is 18.8 Å². The number of hydrogen-bond donors (Lipinski definition) is 0. The van der Waals surface area contributed by atoms with Gasteiger partial charge < -0.3 is 4.90 Å². The lowest BCUT2D eigenvalue weighted by molar-refractivity contribution is 0.393. The summed E-state index contributed by atoms with van der Waals surface area (Å²) in [6, 6.07) is 19.7. The van der Waals surface area contributed by atoms with Gasteiger partial charge in [0, 0.05) is 19.6 Å². The lowest BCUT2D eigenvalue weighted by atomic mass is 9.87. The molecule has 0 saturated heterocycles. The fraction of sp³-hybridized carbons (Fsp3) is 0.316. The normalized spacial score (nSPS) is 21.0. The maximum absolute atomic E-state index is 4.91. The van der Waals surface area contributed by atoms with Crippen LogP contribution in [0.3, 0.4) is 0 Å². The highest BCUT2D eigenvalue weighted by molar-refractivity contribution is 5.93. The Labute approximate surface area is 126 Å². The lowest BCUT2D eigenvalue weighted by Gasteiger charge is -2.32.